The number of carboxylic acid groups (broad SMARTS) is 1. The van der Waals surface area contributed by atoms with Crippen molar-refractivity contribution in [2.24, 2.45) is 0 Å². The minimum atomic E-state index is -1.53. The highest BCUT2D eigenvalue weighted by Gasteiger charge is 2.28. The lowest BCUT2D eigenvalue weighted by atomic mass is 9.99. The van der Waals surface area contributed by atoms with Crippen LogP contribution in [0.5, 0.6) is 0 Å². The highest BCUT2D eigenvalue weighted by atomic mass is 16.4. The van der Waals surface area contributed by atoms with Gasteiger partial charge in [0.25, 0.3) is 0 Å². The summed E-state index contributed by atoms with van der Waals surface area (Å²) in [5.74, 6) is -1.13. The van der Waals surface area contributed by atoms with E-state index in [4.69, 9.17) is 20.4 Å². The monoisotopic (exact) mass is 309 g/mol. The molecule has 0 aromatic heterocycles. The molecular weight excluding hydrogens is 278 g/mol. The normalized spacial score (nSPS) is 13.5. The summed E-state index contributed by atoms with van der Waals surface area (Å²) >= 11 is 0. The van der Waals surface area contributed by atoms with E-state index in [9.17, 15) is 9.90 Å². The molecule has 1 unspecified atom stereocenters. The molecule has 7 nitrogen and oxygen atoms in total. The van der Waals surface area contributed by atoms with Gasteiger partial charge in [0, 0.05) is 19.6 Å². The van der Waals surface area contributed by atoms with Gasteiger partial charge in [-0.1, -0.05) is 19.8 Å². The molecule has 0 amide bonds. The van der Waals surface area contributed by atoms with Crippen molar-refractivity contribution in [2.75, 3.05) is 39.5 Å². The second-order valence-electron chi connectivity index (χ2n) is 5.05. The summed E-state index contributed by atoms with van der Waals surface area (Å²) in [6, 6.07) is 0. The fourth-order valence-electron chi connectivity index (χ4n) is 1.59. The number of hydrogen-bond donors (Lipinski definition) is 5. The Balaban J connectivity index is 0. The molecule has 1 atom stereocenters. The standard InChI is InChI=1S/C8H16O3.C6H15NO3/c1-3-4-5-6-8(2,11)7(9)10;8-4-1-7(2-5-9)3-6-10/h11H,3-6H2,1-2H3,(H,9,10);8-10H,1-6H2. The van der Waals surface area contributed by atoms with Crippen molar-refractivity contribution >= 4 is 5.97 Å². The number of nitrogens with zero attached hydrogens (tertiary/aromatic N) is 1. The van der Waals surface area contributed by atoms with Gasteiger partial charge in [0.15, 0.2) is 5.60 Å². The highest BCUT2D eigenvalue weighted by Crippen LogP contribution is 2.14. The molecule has 0 aliphatic carbocycles. The van der Waals surface area contributed by atoms with Crippen LogP contribution in [-0.2, 0) is 4.79 Å². The predicted molar refractivity (Wildman–Crippen MR) is 80.1 cm³/mol. The van der Waals surface area contributed by atoms with E-state index in [1.807, 2.05) is 6.92 Å². The maximum Gasteiger partial charge on any atom is 0.335 e. The molecule has 0 saturated carbocycles. The van der Waals surface area contributed by atoms with Gasteiger partial charge in [-0.25, -0.2) is 4.79 Å². The summed E-state index contributed by atoms with van der Waals surface area (Å²) < 4.78 is 0. The number of aliphatic hydroxyl groups excluding tert-OH is 3. The van der Waals surface area contributed by atoms with Crippen molar-refractivity contribution in [2.45, 2.75) is 45.1 Å². The van der Waals surface area contributed by atoms with Gasteiger partial charge in [0.1, 0.15) is 0 Å². The van der Waals surface area contributed by atoms with Gasteiger partial charge in [-0.2, -0.15) is 0 Å². The van der Waals surface area contributed by atoms with Crippen molar-refractivity contribution in [3.05, 3.63) is 0 Å². The summed E-state index contributed by atoms with van der Waals surface area (Å²) in [7, 11) is 0. The summed E-state index contributed by atoms with van der Waals surface area (Å²) in [5.41, 5.74) is -1.53. The van der Waals surface area contributed by atoms with E-state index < -0.39 is 11.6 Å². The average molecular weight is 309 g/mol. The minimum absolute atomic E-state index is 0.0694. The molecule has 0 spiro atoms. The van der Waals surface area contributed by atoms with Gasteiger partial charge >= 0.3 is 5.97 Å². The third kappa shape index (κ3) is 14.0. The number of aliphatic hydroxyl groups is 4. The smallest absolute Gasteiger partial charge is 0.335 e. The Morgan fingerprint density at radius 1 is 1.00 bits per heavy atom. The van der Waals surface area contributed by atoms with E-state index in [2.05, 4.69) is 0 Å². The van der Waals surface area contributed by atoms with Crippen molar-refractivity contribution in [3.63, 3.8) is 0 Å². The van der Waals surface area contributed by atoms with Gasteiger partial charge < -0.3 is 25.5 Å². The first-order valence-corrected chi connectivity index (χ1v) is 7.36. The zero-order chi connectivity index (χ0) is 16.7. The molecule has 128 valence electrons. The topological polar surface area (TPSA) is 121 Å². The minimum Gasteiger partial charge on any atom is -0.479 e. The zero-order valence-corrected chi connectivity index (χ0v) is 13.2. The summed E-state index contributed by atoms with van der Waals surface area (Å²) in [5, 5.41) is 43.2. The van der Waals surface area contributed by atoms with Crippen molar-refractivity contribution in [1.29, 1.82) is 0 Å². The van der Waals surface area contributed by atoms with E-state index in [0.717, 1.165) is 19.3 Å². The fraction of sp³-hybridized carbons (Fsp3) is 0.929. The molecule has 0 radical (unpaired) electrons. The van der Waals surface area contributed by atoms with Crippen molar-refractivity contribution in [1.82, 2.24) is 4.90 Å². The Labute approximate surface area is 126 Å². The second-order valence-corrected chi connectivity index (χ2v) is 5.05. The van der Waals surface area contributed by atoms with Crippen LogP contribution in [0.25, 0.3) is 0 Å². The van der Waals surface area contributed by atoms with Crippen LogP contribution in [0, 0.1) is 0 Å². The number of rotatable bonds is 11. The largest absolute Gasteiger partial charge is 0.479 e. The van der Waals surface area contributed by atoms with Crippen LogP contribution >= 0.6 is 0 Å². The molecule has 7 heteroatoms. The Bertz CT molecular complexity index is 233. The van der Waals surface area contributed by atoms with E-state index >= 15 is 0 Å². The van der Waals surface area contributed by atoms with Crippen LogP contribution in [0.2, 0.25) is 0 Å². The van der Waals surface area contributed by atoms with Crippen LogP contribution in [0.4, 0.5) is 0 Å². The van der Waals surface area contributed by atoms with Gasteiger partial charge in [0.2, 0.25) is 0 Å². The van der Waals surface area contributed by atoms with E-state index in [-0.39, 0.29) is 19.8 Å². The number of unbranched alkanes of at least 4 members (excludes halogenated alkanes) is 2. The third-order valence-electron chi connectivity index (χ3n) is 2.98. The maximum absolute atomic E-state index is 10.4. The molecule has 0 aromatic rings. The lowest BCUT2D eigenvalue weighted by molar-refractivity contribution is -0.157. The molecule has 0 rings (SSSR count). The second kappa shape index (κ2) is 14.2. The van der Waals surface area contributed by atoms with Crippen LogP contribution in [0.1, 0.15) is 39.5 Å². The third-order valence-corrected chi connectivity index (χ3v) is 2.98. The number of carboxylic acids is 1. The number of carbonyl (C=O) groups is 1. The lowest BCUT2D eigenvalue weighted by Crippen LogP contribution is -2.34. The van der Waals surface area contributed by atoms with Gasteiger partial charge in [-0.05, 0) is 19.8 Å². The summed E-state index contributed by atoms with van der Waals surface area (Å²) in [6.45, 7) is 5.13. The first-order valence-electron chi connectivity index (χ1n) is 7.36. The van der Waals surface area contributed by atoms with E-state index in [1.54, 1.807) is 4.90 Å². The van der Waals surface area contributed by atoms with Crippen molar-refractivity contribution < 1.29 is 30.3 Å². The first kappa shape index (κ1) is 22.5. The van der Waals surface area contributed by atoms with Gasteiger partial charge in [-0.15, -0.1) is 0 Å². The summed E-state index contributed by atoms with van der Waals surface area (Å²) in [6.07, 6.45) is 3.13. The zero-order valence-electron chi connectivity index (χ0n) is 13.2. The summed E-state index contributed by atoms with van der Waals surface area (Å²) in [4.78, 5) is 12.2. The lowest BCUT2D eigenvalue weighted by Gasteiger charge is -2.17. The van der Waals surface area contributed by atoms with Crippen LogP contribution in [0.3, 0.4) is 0 Å². The molecule has 0 heterocycles. The Kier molecular flexibility index (Phi) is 15.3. The predicted octanol–water partition coefficient (Wildman–Crippen LogP) is -0.332. The van der Waals surface area contributed by atoms with Crippen LogP contribution in [0.15, 0.2) is 0 Å². The Morgan fingerprint density at radius 3 is 1.71 bits per heavy atom. The molecule has 0 aliphatic heterocycles. The molecule has 0 aromatic carbocycles. The van der Waals surface area contributed by atoms with Crippen LogP contribution < -0.4 is 0 Å². The molecule has 0 saturated heterocycles. The quantitative estimate of drug-likeness (QED) is 0.331. The molecule has 0 fully saturated rings. The Hall–Kier alpha value is -0.730. The van der Waals surface area contributed by atoms with Gasteiger partial charge in [0.05, 0.1) is 19.8 Å². The van der Waals surface area contributed by atoms with Gasteiger partial charge in [-0.3, -0.25) is 4.90 Å². The maximum atomic E-state index is 10.4. The average Bonchev–Trinajstić information content (AvgIpc) is 2.40. The Morgan fingerprint density at radius 2 is 1.43 bits per heavy atom. The van der Waals surface area contributed by atoms with E-state index in [1.165, 1.54) is 6.92 Å². The first-order chi connectivity index (χ1) is 9.85. The van der Waals surface area contributed by atoms with E-state index in [0.29, 0.717) is 26.1 Å². The van der Waals surface area contributed by atoms with Crippen molar-refractivity contribution in [3.8, 4) is 0 Å². The fourth-order valence-corrected chi connectivity index (χ4v) is 1.59. The molecular formula is C14H31NO6. The SMILES string of the molecule is CCCCCC(C)(O)C(=O)O.OCCN(CCO)CCO. The molecule has 0 bridgehead atoms. The highest BCUT2D eigenvalue weighted by molar-refractivity contribution is 5.76. The molecule has 0 aliphatic rings. The molecule has 5 N–H and O–H groups in total. The number of hydrogen-bond acceptors (Lipinski definition) is 6. The number of aliphatic carboxylic acids is 1. The van der Waals surface area contributed by atoms with Crippen LogP contribution in [-0.4, -0.2) is 81.5 Å². The molecule has 21 heavy (non-hydrogen) atoms.